The molecule has 2 heterocycles. The molecule has 7 heteroatoms. The highest BCUT2D eigenvalue weighted by Gasteiger charge is 2.22. The first-order valence-electron chi connectivity index (χ1n) is 11.0. The lowest BCUT2D eigenvalue weighted by Gasteiger charge is -2.12. The molecule has 0 aliphatic carbocycles. The summed E-state index contributed by atoms with van der Waals surface area (Å²) in [5, 5.41) is 10.3. The summed E-state index contributed by atoms with van der Waals surface area (Å²) in [6.07, 6.45) is 1.53. The number of nitrogens with one attached hydrogen (secondary N) is 1. The van der Waals surface area contributed by atoms with E-state index in [1.54, 1.807) is 13.0 Å². The summed E-state index contributed by atoms with van der Waals surface area (Å²) in [5.74, 6) is -0.124. The van der Waals surface area contributed by atoms with Gasteiger partial charge in [0.25, 0.3) is 0 Å². The molecule has 0 radical (unpaired) electrons. The van der Waals surface area contributed by atoms with Crippen LogP contribution in [-0.2, 0) is 16.0 Å². The monoisotopic (exact) mass is 450 g/mol. The maximum Gasteiger partial charge on any atom is 0.343 e. The summed E-state index contributed by atoms with van der Waals surface area (Å²) in [6, 6.07) is 25.2. The Hall–Kier alpha value is -4.52. The summed E-state index contributed by atoms with van der Waals surface area (Å²) in [4.78, 5) is 30.4. The molecule has 2 aromatic heterocycles. The highest BCUT2D eigenvalue weighted by atomic mass is 16.5. The fraction of sp³-hybridized carbons (Fsp3) is 0.111. The zero-order chi connectivity index (χ0) is 23.5. The zero-order valence-electron chi connectivity index (χ0n) is 18.6. The number of hydrogen-bond acceptors (Lipinski definition) is 5. The molecule has 0 aliphatic rings. The lowest BCUT2D eigenvalue weighted by molar-refractivity contribution is -0.115. The van der Waals surface area contributed by atoms with Crippen molar-refractivity contribution in [2.24, 2.45) is 0 Å². The van der Waals surface area contributed by atoms with Crippen molar-refractivity contribution in [1.29, 1.82) is 0 Å². The van der Waals surface area contributed by atoms with Crippen LogP contribution < -0.4 is 5.32 Å². The number of ether oxygens (including phenoxy) is 1. The Morgan fingerprint density at radius 2 is 1.68 bits per heavy atom. The number of hydrogen-bond donors (Lipinski definition) is 1. The van der Waals surface area contributed by atoms with E-state index in [4.69, 9.17) is 4.74 Å². The molecule has 0 atom stereocenters. The van der Waals surface area contributed by atoms with Crippen LogP contribution in [-0.4, -0.2) is 33.2 Å². The molecule has 1 amide bonds. The molecule has 34 heavy (non-hydrogen) atoms. The van der Waals surface area contributed by atoms with E-state index in [1.807, 2.05) is 72.8 Å². The van der Waals surface area contributed by atoms with Crippen molar-refractivity contribution < 1.29 is 14.3 Å². The summed E-state index contributed by atoms with van der Waals surface area (Å²) >= 11 is 0. The Labute approximate surface area is 196 Å². The SMILES string of the molecule is CCOC(=O)c1cnn(-c2ccc3ccccc3n2)c1NC(=O)Cc1cccc2ccccc12. The average molecular weight is 450 g/mol. The van der Waals surface area contributed by atoms with E-state index in [9.17, 15) is 9.59 Å². The molecule has 0 aliphatic heterocycles. The van der Waals surface area contributed by atoms with Gasteiger partial charge in [-0.2, -0.15) is 9.78 Å². The Morgan fingerprint density at radius 1 is 0.912 bits per heavy atom. The predicted molar refractivity (Wildman–Crippen MR) is 131 cm³/mol. The van der Waals surface area contributed by atoms with Crippen molar-refractivity contribution in [2.75, 3.05) is 11.9 Å². The summed E-state index contributed by atoms with van der Waals surface area (Å²) in [5.41, 5.74) is 1.84. The fourth-order valence-corrected chi connectivity index (χ4v) is 3.97. The largest absolute Gasteiger partial charge is 0.462 e. The molecule has 5 rings (SSSR count). The summed E-state index contributed by atoms with van der Waals surface area (Å²) in [7, 11) is 0. The van der Waals surface area contributed by atoms with Crippen LogP contribution in [0, 0.1) is 0 Å². The molecule has 0 saturated carbocycles. The molecule has 0 fully saturated rings. The molecular weight excluding hydrogens is 428 g/mol. The second-order valence-electron chi connectivity index (χ2n) is 7.76. The van der Waals surface area contributed by atoms with Gasteiger partial charge in [0.05, 0.1) is 24.7 Å². The van der Waals surface area contributed by atoms with Gasteiger partial charge in [-0.15, -0.1) is 0 Å². The van der Waals surface area contributed by atoms with Crippen molar-refractivity contribution in [3.63, 3.8) is 0 Å². The second kappa shape index (κ2) is 9.15. The number of rotatable bonds is 6. The number of carbonyl (C=O) groups is 2. The lowest BCUT2D eigenvalue weighted by Crippen LogP contribution is -2.20. The molecule has 7 nitrogen and oxygen atoms in total. The van der Waals surface area contributed by atoms with Crippen molar-refractivity contribution in [3.8, 4) is 5.82 Å². The van der Waals surface area contributed by atoms with E-state index in [-0.39, 0.29) is 30.3 Å². The van der Waals surface area contributed by atoms with Gasteiger partial charge in [-0.25, -0.2) is 9.78 Å². The molecule has 0 unspecified atom stereocenters. The molecule has 0 bridgehead atoms. The number of carbonyl (C=O) groups excluding carboxylic acids is 2. The zero-order valence-corrected chi connectivity index (χ0v) is 18.6. The molecule has 0 spiro atoms. The molecule has 1 N–H and O–H groups in total. The Kier molecular flexibility index (Phi) is 5.74. The third-order valence-corrected chi connectivity index (χ3v) is 5.55. The number of pyridine rings is 1. The fourth-order valence-electron chi connectivity index (χ4n) is 3.97. The standard InChI is InChI=1S/C27H22N4O3/c1-2-34-27(33)22-17-28-31(24-15-14-19-9-4-6-13-23(19)29-24)26(22)30-25(32)16-20-11-7-10-18-8-3-5-12-21(18)20/h3-15,17H,2,16H2,1H3,(H,30,32). The van der Waals surface area contributed by atoms with Crippen LogP contribution in [0.1, 0.15) is 22.8 Å². The van der Waals surface area contributed by atoms with Crippen LogP contribution in [0.25, 0.3) is 27.5 Å². The van der Waals surface area contributed by atoms with Crippen molar-refractivity contribution in [3.05, 3.63) is 96.2 Å². The quantitative estimate of drug-likeness (QED) is 0.371. The minimum Gasteiger partial charge on any atom is -0.462 e. The highest BCUT2D eigenvalue weighted by molar-refractivity contribution is 6.02. The topological polar surface area (TPSA) is 86.1 Å². The predicted octanol–water partition coefficient (Wildman–Crippen LogP) is 4.93. The van der Waals surface area contributed by atoms with E-state index in [1.165, 1.54) is 10.9 Å². The first-order valence-corrected chi connectivity index (χ1v) is 11.0. The van der Waals surface area contributed by atoms with Crippen LogP contribution >= 0.6 is 0 Å². The van der Waals surface area contributed by atoms with E-state index < -0.39 is 5.97 Å². The number of anilines is 1. The number of fused-ring (bicyclic) bond motifs is 2. The minimum atomic E-state index is -0.560. The number of benzene rings is 3. The maximum atomic E-state index is 13.1. The molecule has 0 saturated heterocycles. The lowest BCUT2D eigenvalue weighted by atomic mass is 10.0. The van der Waals surface area contributed by atoms with Gasteiger partial charge < -0.3 is 10.1 Å². The minimum absolute atomic E-state index is 0.139. The third kappa shape index (κ3) is 4.11. The van der Waals surface area contributed by atoms with Crippen LogP contribution in [0.3, 0.4) is 0 Å². The smallest absolute Gasteiger partial charge is 0.343 e. The van der Waals surface area contributed by atoms with Crippen molar-refractivity contribution in [1.82, 2.24) is 14.8 Å². The van der Waals surface area contributed by atoms with E-state index in [0.717, 1.165) is 27.2 Å². The van der Waals surface area contributed by atoms with E-state index in [2.05, 4.69) is 15.4 Å². The summed E-state index contributed by atoms with van der Waals surface area (Å²) < 4.78 is 6.64. The Bertz CT molecular complexity index is 1520. The number of aromatic nitrogens is 3. The number of amides is 1. The van der Waals surface area contributed by atoms with Gasteiger partial charge in [-0.1, -0.05) is 60.7 Å². The van der Waals surface area contributed by atoms with Gasteiger partial charge in [0, 0.05) is 5.39 Å². The third-order valence-electron chi connectivity index (χ3n) is 5.55. The average Bonchev–Trinajstić information content (AvgIpc) is 3.27. The van der Waals surface area contributed by atoms with E-state index >= 15 is 0 Å². The van der Waals surface area contributed by atoms with Crippen molar-refractivity contribution in [2.45, 2.75) is 13.3 Å². The van der Waals surface area contributed by atoms with Crippen molar-refractivity contribution >= 4 is 39.4 Å². The van der Waals surface area contributed by atoms with Crippen LogP contribution in [0.4, 0.5) is 5.82 Å². The highest BCUT2D eigenvalue weighted by Crippen LogP contribution is 2.24. The molecule has 168 valence electrons. The molecule has 3 aromatic carbocycles. The number of para-hydroxylation sites is 1. The van der Waals surface area contributed by atoms with Gasteiger partial charge in [-0.3, -0.25) is 4.79 Å². The van der Waals surface area contributed by atoms with E-state index in [0.29, 0.717) is 5.82 Å². The second-order valence-corrected chi connectivity index (χ2v) is 7.76. The first kappa shape index (κ1) is 21.3. The molecule has 5 aromatic rings. The van der Waals surface area contributed by atoms with Crippen LogP contribution in [0.2, 0.25) is 0 Å². The number of esters is 1. The van der Waals surface area contributed by atoms with Gasteiger partial charge in [0.2, 0.25) is 5.91 Å². The normalized spacial score (nSPS) is 11.0. The summed E-state index contributed by atoms with van der Waals surface area (Å²) in [6.45, 7) is 1.94. The van der Waals surface area contributed by atoms with Gasteiger partial charge >= 0.3 is 5.97 Å². The van der Waals surface area contributed by atoms with Crippen LogP contribution in [0.5, 0.6) is 0 Å². The Balaban J connectivity index is 1.51. The Morgan fingerprint density at radius 3 is 2.53 bits per heavy atom. The molecular formula is C27H22N4O3. The maximum absolute atomic E-state index is 13.1. The number of nitrogens with zero attached hydrogens (tertiary/aromatic N) is 3. The van der Waals surface area contributed by atoms with Gasteiger partial charge in [0.1, 0.15) is 5.56 Å². The van der Waals surface area contributed by atoms with Crippen LogP contribution in [0.15, 0.2) is 85.1 Å². The first-order chi connectivity index (χ1) is 16.6. The van der Waals surface area contributed by atoms with Gasteiger partial charge in [-0.05, 0) is 41.5 Å². The van der Waals surface area contributed by atoms with Gasteiger partial charge in [0.15, 0.2) is 11.6 Å².